The molecule has 1 aromatic rings. The topological polar surface area (TPSA) is 38.0 Å². The van der Waals surface area contributed by atoms with Crippen LogP contribution in [0.3, 0.4) is 0 Å². The van der Waals surface area contributed by atoms with Crippen LogP contribution in [0.25, 0.3) is 0 Å². The Morgan fingerprint density at radius 2 is 2.21 bits per heavy atom. The number of halogens is 1. The molecule has 0 aliphatic rings. The van der Waals surface area contributed by atoms with E-state index < -0.39 is 0 Å². The number of hydrogen-bond donors (Lipinski definition) is 2. The number of hydrazine groups is 1. The van der Waals surface area contributed by atoms with Crippen molar-refractivity contribution in [3.8, 4) is 0 Å². The third kappa shape index (κ3) is 2.19. The molecule has 0 aromatic heterocycles. The molecule has 2 nitrogen and oxygen atoms in total. The van der Waals surface area contributed by atoms with Crippen LogP contribution in [0, 0.1) is 12.7 Å². The van der Waals surface area contributed by atoms with Crippen LogP contribution in [0.15, 0.2) is 30.4 Å². The summed E-state index contributed by atoms with van der Waals surface area (Å²) in [5.74, 6) is 5.14. The van der Waals surface area contributed by atoms with Crippen molar-refractivity contribution >= 4 is 0 Å². The van der Waals surface area contributed by atoms with Crippen LogP contribution in [0.2, 0.25) is 0 Å². The number of aryl methyl sites for hydroxylation is 1. The second kappa shape index (κ2) is 4.35. The van der Waals surface area contributed by atoms with E-state index in [1.165, 1.54) is 6.07 Å². The minimum atomic E-state index is -0.219. The van der Waals surface area contributed by atoms with Crippen LogP contribution < -0.4 is 11.3 Å². The average molecular weight is 194 g/mol. The van der Waals surface area contributed by atoms with E-state index in [2.05, 4.69) is 12.0 Å². The number of benzene rings is 1. The Labute approximate surface area is 83.6 Å². The van der Waals surface area contributed by atoms with Crippen molar-refractivity contribution in [1.29, 1.82) is 0 Å². The number of hydrogen-bond acceptors (Lipinski definition) is 2. The Bertz CT molecular complexity index is 347. The van der Waals surface area contributed by atoms with Crippen LogP contribution in [0.5, 0.6) is 0 Å². The second-order valence-electron chi connectivity index (χ2n) is 3.45. The lowest BCUT2D eigenvalue weighted by atomic mass is 10.0. The number of rotatable bonds is 3. The summed E-state index contributed by atoms with van der Waals surface area (Å²) in [7, 11) is 0. The maximum atomic E-state index is 13.2. The van der Waals surface area contributed by atoms with Gasteiger partial charge in [0.2, 0.25) is 0 Å². The van der Waals surface area contributed by atoms with Crippen LogP contribution in [0.4, 0.5) is 4.39 Å². The molecule has 1 rings (SSSR count). The van der Waals surface area contributed by atoms with E-state index in [1.807, 2.05) is 13.0 Å². The molecule has 0 radical (unpaired) electrons. The van der Waals surface area contributed by atoms with Gasteiger partial charge in [0.05, 0.1) is 6.04 Å². The molecule has 1 unspecified atom stereocenters. The Kier molecular flexibility index (Phi) is 3.38. The van der Waals surface area contributed by atoms with Crippen LogP contribution in [0.1, 0.15) is 24.1 Å². The van der Waals surface area contributed by atoms with Gasteiger partial charge in [-0.1, -0.05) is 24.3 Å². The lowest BCUT2D eigenvalue weighted by molar-refractivity contribution is 0.595. The molecule has 0 saturated carbocycles. The van der Waals surface area contributed by atoms with Gasteiger partial charge in [0.15, 0.2) is 0 Å². The van der Waals surface area contributed by atoms with Crippen molar-refractivity contribution in [3.63, 3.8) is 0 Å². The molecule has 14 heavy (non-hydrogen) atoms. The minimum Gasteiger partial charge on any atom is -0.271 e. The molecule has 0 spiro atoms. The molecule has 0 fully saturated rings. The van der Waals surface area contributed by atoms with Gasteiger partial charge in [-0.05, 0) is 31.0 Å². The summed E-state index contributed by atoms with van der Waals surface area (Å²) in [6, 6.07) is 4.87. The summed E-state index contributed by atoms with van der Waals surface area (Å²) in [6.07, 6.45) is 0. The van der Waals surface area contributed by atoms with Gasteiger partial charge >= 0.3 is 0 Å². The molecular weight excluding hydrogens is 179 g/mol. The lowest BCUT2D eigenvalue weighted by Gasteiger charge is -2.16. The maximum absolute atomic E-state index is 13.2. The summed E-state index contributed by atoms with van der Waals surface area (Å²) in [6.45, 7) is 7.37. The first-order chi connectivity index (χ1) is 6.56. The van der Waals surface area contributed by atoms with E-state index in [9.17, 15) is 4.39 Å². The van der Waals surface area contributed by atoms with Gasteiger partial charge in [-0.25, -0.2) is 9.82 Å². The van der Waals surface area contributed by atoms with Gasteiger partial charge in [-0.15, -0.1) is 0 Å². The number of nitrogens with one attached hydrogen (secondary N) is 1. The quantitative estimate of drug-likeness (QED) is 0.440. The molecule has 0 aliphatic heterocycles. The predicted molar refractivity (Wildman–Crippen MR) is 56.0 cm³/mol. The Morgan fingerprint density at radius 1 is 1.57 bits per heavy atom. The van der Waals surface area contributed by atoms with E-state index >= 15 is 0 Å². The predicted octanol–water partition coefficient (Wildman–Crippen LogP) is 2.21. The summed E-state index contributed by atoms with van der Waals surface area (Å²) < 4.78 is 13.2. The summed E-state index contributed by atoms with van der Waals surface area (Å²) in [5.41, 5.74) is 4.88. The fourth-order valence-electron chi connectivity index (χ4n) is 1.31. The third-order valence-corrected chi connectivity index (χ3v) is 2.19. The van der Waals surface area contributed by atoms with Crippen molar-refractivity contribution < 1.29 is 4.39 Å². The first-order valence-corrected chi connectivity index (χ1v) is 4.44. The molecular formula is C11H15FN2. The zero-order chi connectivity index (χ0) is 10.7. The molecule has 76 valence electrons. The van der Waals surface area contributed by atoms with Crippen molar-refractivity contribution in [2.75, 3.05) is 0 Å². The van der Waals surface area contributed by atoms with Gasteiger partial charge in [0.1, 0.15) is 5.82 Å². The first kappa shape index (κ1) is 10.9. The largest absolute Gasteiger partial charge is 0.271 e. The SMILES string of the molecule is C=C(C)C(NN)c1ccc(C)c(F)c1. The summed E-state index contributed by atoms with van der Waals surface area (Å²) >= 11 is 0. The van der Waals surface area contributed by atoms with E-state index in [0.29, 0.717) is 5.56 Å². The average Bonchev–Trinajstić information content (AvgIpc) is 2.11. The van der Waals surface area contributed by atoms with Gasteiger partial charge in [0.25, 0.3) is 0 Å². The third-order valence-electron chi connectivity index (χ3n) is 2.19. The highest BCUT2D eigenvalue weighted by Crippen LogP contribution is 2.21. The molecule has 0 saturated heterocycles. The highest BCUT2D eigenvalue weighted by Gasteiger charge is 2.11. The normalized spacial score (nSPS) is 12.6. The van der Waals surface area contributed by atoms with Gasteiger partial charge in [0, 0.05) is 0 Å². The summed E-state index contributed by atoms with van der Waals surface area (Å²) in [5, 5.41) is 0. The zero-order valence-electron chi connectivity index (χ0n) is 8.47. The van der Waals surface area contributed by atoms with Crippen molar-refractivity contribution in [2.24, 2.45) is 5.84 Å². The fraction of sp³-hybridized carbons (Fsp3) is 0.273. The molecule has 1 aromatic carbocycles. The van der Waals surface area contributed by atoms with E-state index in [1.54, 1.807) is 13.0 Å². The number of nitrogens with two attached hydrogens (primary N) is 1. The smallest absolute Gasteiger partial charge is 0.126 e. The minimum absolute atomic E-state index is 0.190. The van der Waals surface area contributed by atoms with Crippen molar-refractivity contribution in [1.82, 2.24) is 5.43 Å². The standard InChI is InChI=1S/C11H15FN2/c1-7(2)11(14-13)9-5-4-8(3)10(12)6-9/h4-6,11,14H,1,13H2,2-3H3. The molecule has 0 bridgehead atoms. The molecule has 0 aliphatic carbocycles. The molecule has 3 heteroatoms. The van der Waals surface area contributed by atoms with Crippen molar-refractivity contribution in [3.05, 3.63) is 47.3 Å². The van der Waals surface area contributed by atoms with Gasteiger partial charge in [-0.2, -0.15) is 0 Å². The van der Waals surface area contributed by atoms with Crippen LogP contribution >= 0.6 is 0 Å². The van der Waals surface area contributed by atoms with E-state index in [4.69, 9.17) is 5.84 Å². The summed E-state index contributed by atoms with van der Waals surface area (Å²) in [4.78, 5) is 0. The highest BCUT2D eigenvalue weighted by molar-refractivity contribution is 5.30. The molecule has 3 N–H and O–H groups in total. The Hall–Kier alpha value is -1.19. The first-order valence-electron chi connectivity index (χ1n) is 4.44. The molecule has 0 heterocycles. The van der Waals surface area contributed by atoms with Crippen LogP contribution in [-0.4, -0.2) is 0 Å². The van der Waals surface area contributed by atoms with Crippen molar-refractivity contribution in [2.45, 2.75) is 19.9 Å². The van der Waals surface area contributed by atoms with Gasteiger partial charge < -0.3 is 0 Å². The molecule has 0 amide bonds. The monoisotopic (exact) mass is 194 g/mol. The zero-order valence-corrected chi connectivity index (χ0v) is 8.47. The van der Waals surface area contributed by atoms with Gasteiger partial charge in [-0.3, -0.25) is 5.84 Å². The van der Waals surface area contributed by atoms with E-state index in [-0.39, 0.29) is 11.9 Å². The van der Waals surface area contributed by atoms with E-state index in [0.717, 1.165) is 11.1 Å². The Balaban J connectivity index is 3.06. The molecule has 1 atom stereocenters. The maximum Gasteiger partial charge on any atom is 0.126 e. The lowest BCUT2D eigenvalue weighted by Crippen LogP contribution is -2.28. The van der Waals surface area contributed by atoms with Crippen LogP contribution in [-0.2, 0) is 0 Å². The fourth-order valence-corrected chi connectivity index (χ4v) is 1.31. The Morgan fingerprint density at radius 3 is 2.64 bits per heavy atom. The second-order valence-corrected chi connectivity index (χ2v) is 3.45. The highest BCUT2D eigenvalue weighted by atomic mass is 19.1.